The molecule has 3 rings (SSSR count). The molecule has 1 heterocycles. The van der Waals surface area contributed by atoms with Gasteiger partial charge in [-0.3, -0.25) is 0 Å². The van der Waals surface area contributed by atoms with E-state index in [0.717, 1.165) is 19.0 Å². The molecule has 3 aliphatic rings. The average Bonchev–Trinajstić information content (AvgIpc) is 2.91. The van der Waals surface area contributed by atoms with Crippen LogP contribution in [0.2, 0.25) is 0 Å². The maximum absolute atomic E-state index is 6.30. The minimum Gasteiger partial charge on any atom is -0.369 e. The Morgan fingerprint density at radius 3 is 2.62 bits per heavy atom. The van der Waals surface area contributed by atoms with E-state index in [0.29, 0.717) is 6.10 Å². The molecule has 2 aliphatic carbocycles. The smallest absolute Gasteiger partial charge is 0.0810 e. The fourth-order valence-electron chi connectivity index (χ4n) is 2.89. The van der Waals surface area contributed by atoms with E-state index in [-0.39, 0.29) is 5.60 Å². The molecule has 0 aromatic heterocycles. The summed E-state index contributed by atoms with van der Waals surface area (Å²) in [4.78, 5) is 0. The molecule has 1 atom stereocenters. The summed E-state index contributed by atoms with van der Waals surface area (Å²) in [6, 6.07) is 0. The lowest BCUT2D eigenvalue weighted by Crippen LogP contribution is -2.53. The van der Waals surface area contributed by atoms with Crippen LogP contribution in [0, 0.1) is 5.92 Å². The molecule has 2 nitrogen and oxygen atoms in total. The Bertz CT molecular complexity index is 194. The molecule has 1 aliphatic heterocycles. The molecule has 74 valence electrons. The van der Waals surface area contributed by atoms with Crippen molar-refractivity contribution in [2.24, 2.45) is 5.92 Å². The highest BCUT2D eigenvalue weighted by atomic mass is 16.5. The van der Waals surface area contributed by atoms with Gasteiger partial charge in [0.1, 0.15) is 0 Å². The highest BCUT2D eigenvalue weighted by Crippen LogP contribution is 2.41. The predicted octanol–water partition coefficient (Wildman–Crippen LogP) is 1.70. The van der Waals surface area contributed by atoms with Crippen molar-refractivity contribution in [1.82, 2.24) is 5.32 Å². The molecule has 13 heavy (non-hydrogen) atoms. The maximum Gasteiger partial charge on any atom is 0.0810 e. The summed E-state index contributed by atoms with van der Waals surface area (Å²) in [5.74, 6) is 0.894. The highest BCUT2D eigenvalue weighted by molar-refractivity contribution is 4.96. The zero-order chi connectivity index (χ0) is 8.73. The van der Waals surface area contributed by atoms with Crippen LogP contribution in [0.15, 0.2) is 0 Å². The Morgan fingerprint density at radius 1 is 1.15 bits per heavy atom. The van der Waals surface area contributed by atoms with Gasteiger partial charge in [-0.15, -0.1) is 0 Å². The van der Waals surface area contributed by atoms with Crippen LogP contribution in [-0.4, -0.2) is 24.8 Å². The Balaban J connectivity index is 1.68. The van der Waals surface area contributed by atoms with Gasteiger partial charge < -0.3 is 10.1 Å². The van der Waals surface area contributed by atoms with E-state index in [4.69, 9.17) is 4.74 Å². The van der Waals surface area contributed by atoms with Crippen LogP contribution in [0.3, 0.4) is 0 Å². The van der Waals surface area contributed by atoms with Gasteiger partial charge in [0.15, 0.2) is 0 Å². The number of hydrogen-bond acceptors (Lipinski definition) is 2. The van der Waals surface area contributed by atoms with Gasteiger partial charge in [-0.2, -0.15) is 0 Å². The molecule has 0 aromatic carbocycles. The molecule has 1 N–H and O–H groups in total. The Kier molecular flexibility index (Phi) is 1.88. The van der Waals surface area contributed by atoms with Crippen molar-refractivity contribution < 1.29 is 4.74 Å². The van der Waals surface area contributed by atoms with Crippen LogP contribution < -0.4 is 5.32 Å². The van der Waals surface area contributed by atoms with Gasteiger partial charge in [0.05, 0.1) is 11.7 Å². The van der Waals surface area contributed by atoms with Crippen molar-refractivity contribution in [3.05, 3.63) is 0 Å². The zero-order valence-electron chi connectivity index (χ0n) is 8.22. The second-order valence-corrected chi connectivity index (χ2v) is 5.01. The van der Waals surface area contributed by atoms with Crippen molar-refractivity contribution in [2.75, 3.05) is 13.1 Å². The van der Waals surface area contributed by atoms with Crippen LogP contribution in [-0.2, 0) is 4.74 Å². The van der Waals surface area contributed by atoms with Gasteiger partial charge in [-0.25, -0.2) is 0 Å². The van der Waals surface area contributed by atoms with Crippen molar-refractivity contribution in [3.63, 3.8) is 0 Å². The number of rotatable bonds is 1. The number of nitrogens with one attached hydrogen (secondary N) is 1. The summed E-state index contributed by atoms with van der Waals surface area (Å²) in [6.07, 6.45) is 8.70. The standard InChI is InChI=1S/C11H19NO/c1-2-6-11(5-1)8-12-7-10(13-11)9-3-4-9/h9-10,12H,1-8H2/t10-/m0/s1. The Hall–Kier alpha value is -0.0800. The number of ether oxygens (including phenoxy) is 1. The van der Waals surface area contributed by atoms with Crippen molar-refractivity contribution in [2.45, 2.75) is 50.2 Å². The first-order valence-electron chi connectivity index (χ1n) is 5.77. The molecule has 2 saturated carbocycles. The molecular formula is C11H19NO. The largest absolute Gasteiger partial charge is 0.369 e. The Morgan fingerprint density at radius 2 is 1.92 bits per heavy atom. The van der Waals surface area contributed by atoms with E-state index >= 15 is 0 Å². The third-order valence-corrected chi connectivity index (χ3v) is 3.86. The molecule has 2 heteroatoms. The monoisotopic (exact) mass is 181 g/mol. The first kappa shape index (κ1) is 8.25. The summed E-state index contributed by atoms with van der Waals surface area (Å²) in [5.41, 5.74) is 0.255. The molecule has 0 amide bonds. The second-order valence-electron chi connectivity index (χ2n) is 5.01. The van der Waals surface area contributed by atoms with Crippen molar-refractivity contribution >= 4 is 0 Å². The third kappa shape index (κ3) is 1.50. The fourth-order valence-corrected chi connectivity index (χ4v) is 2.89. The quantitative estimate of drug-likeness (QED) is 0.665. The molecule has 0 aromatic rings. The molecular weight excluding hydrogens is 162 g/mol. The van der Waals surface area contributed by atoms with E-state index in [1.807, 2.05) is 0 Å². The lowest BCUT2D eigenvalue weighted by atomic mass is 9.98. The first-order valence-corrected chi connectivity index (χ1v) is 5.77. The summed E-state index contributed by atoms with van der Waals surface area (Å²) < 4.78 is 6.30. The molecule has 0 radical (unpaired) electrons. The first-order chi connectivity index (χ1) is 6.38. The summed E-state index contributed by atoms with van der Waals surface area (Å²) >= 11 is 0. The van der Waals surface area contributed by atoms with Gasteiger partial charge in [-0.1, -0.05) is 12.8 Å². The third-order valence-electron chi connectivity index (χ3n) is 3.86. The highest BCUT2D eigenvalue weighted by Gasteiger charge is 2.44. The normalized spacial score (nSPS) is 38.3. The molecule has 1 saturated heterocycles. The molecule has 0 unspecified atom stereocenters. The van der Waals surface area contributed by atoms with Gasteiger partial charge in [0.2, 0.25) is 0 Å². The number of hydrogen-bond donors (Lipinski definition) is 1. The summed E-state index contributed by atoms with van der Waals surface area (Å²) in [7, 11) is 0. The minimum absolute atomic E-state index is 0.255. The molecule has 3 fully saturated rings. The second kappa shape index (κ2) is 2.96. The predicted molar refractivity (Wildman–Crippen MR) is 51.7 cm³/mol. The van der Waals surface area contributed by atoms with Gasteiger partial charge in [-0.05, 0) is 31.6 Å². The van der Waals surface area contributed by atoms with Crippen LogP contribution >= 0.6 is 0 Å². The lowest BCUT2D eigenvalue weighted by Gasteiger charge is -2.39. The van der Waals surface area contributed by atoms with Crippen LogP contribution in [0.1, 0.15) is 38.5 Å². The van der Waals surface area contributed by atoms with Crippen LogP contribution in [0.4, 0.5) is 0 Å². The van der Waals surface area contributed by atoms with Crippen LogP contribution in [0.25, 0.3) is 0 Å². The van der Waals surface area contributed by atoms with Crippen LogP contribution in [0.5, 0.6) is 0 Å². The van der Waals surface area contributed by atoms with E-state index < -0.39 is 0 Å². The van der Waals surface area contributed by atoms with Gasteiger partial charge in [0, 0.05) is 13.1 Å². The van der Waals surface area contributed by atoms with E-state index in [1.54, 1.807) is 0 Å². The topological polar surface area (TPSA) is 21.3 Å². The summed E-state index contributed by atoms with van der Waals surface area (Å²) in [6.45, 7) is 2.21. The number of morpholine rings is 1. The van der Waals surface area contributed by atoms with Crippen molar-refractivity contribution in [1.29, 1.82) is 0 Å². The fraction of sp³-hybridized carbons (Fsp3) is 1.00. The average molecular weight is 181 g/mol. The Labute approximate surface area is 80.0 Å². The van der Waals surface area contributed by atoms with Gasteiger partial charge in [0.25, 0.3) is 0 Å². The maximum atomic E-state index is 6.30. The minimum atomic E-state index is 0.255. The van der Waals surface area contributed by atoms with E-state index in [9.17, 15) is 0 Å². The lowest BCUT2D eigenvalue weighted by molar-refractivity contribution is -0.119. The summed E-state index contributed by atoms with van der Waals surface area (Å²) in [5, 5.41) is 3.56. The van der Waals surface area contributed by atoms with Gasteiger partial charge >= 0.3 is 0 Å². The van der Waals surface area contributed by atoms with E-state index in [2.05, 4.69) is 5.32 Å². The zero-order valence-corrected chi connectivity index (χ0v) is 8.22. The SMILES string of the molecule is C1CCC2(C1)CNC[C@@H](C1CC1)O2. The molecule has 1 spiro atoms. The van der Waals surface area contributed by atoms with E-state index in [1.165, 1.54) is 38.5 Å². The van der Waals surface area contributed by atoms with Crippen molar-refractivity contribution in [3.8, 4) is 0 Å². The molecule has 0 bridgehead atoms.